The second-order valence-electron chi connectivity index (χ2n) is 4.93. The van der Waals surface area contributed by atoms with Crippen LogP contribution >= 0.6 is 15.9 Å². The predicted octanol–water partition coefficient (Wildman–Crippen LogP) is 3.41. The van der Waals surface area contributed by atoms with Gasteiger partial charge in [0.25, 0.3) is 0 Å². The van der Waals surface area contributed by atoms with Crippen molar-refractivity contribution in [2.75, 3.05) is 24.3 Å². The predicted molar refractivity (Wildman–Crippen MR) is 83.8 cm³/mol. The molecule has 0 spiro atoms. The molecule has 0 saturated carbocycles. The van der Waals surface area contributed by atoms with Crippen LogP contribution in [0.15, 0.2) is 21.3 Å². The van der Waals surface area contributed by atoms with Crippen LogP contribution in [-0.4, -0.2) is 19.4 Å². The zero-order valence-corrected chi connectivity index (χ0v) is 13.3. The first-order valence-corrected chi connectivity index (χ1v) is 7.38. The summed E-state index contributed by atoms with van der Waals surface area (Å²) in [6, 6.07) is 3.90. The van der Waals surface area contributed by atoms with E-state index in [2.05, 4.69) is 15.9 Å². The maximum Gasteiger partial charge on any atom is 0.202 e. The van der Waals surface area contributed by atoms with Gasteiger partial charge < -0.3 is 9.32 Å². The molecule has 0 aliphatic heterocycles. The van der Waals surface area contributed by atoms with Gasteiger partial charge in [-0.3, -0.25) is 4.79 Å². The molecule has 0 bridgehead atoms. The maximum absolute atomic E-state index is 12.6. The lowest BCUT2D eigenvalue weighted by molar-refractivity contribution is 0.592. The third kappa shape index (κ3) is 2.41. The van der Waals surface area contributed by atoms with E-state index >= 15 is 0 Å². The average Bonchev–Trinajstić information content (AvgIpc) is 2.36. The van der Waals surface area contributed by atoms with E-state index in [9.17, 15) is 4.79 Å². The highest BCUT2D eigenvalue weighted by Gasteiger charge is 2.16. The monoisotopic (exact) mass is 323 g/mol. The fraction of sp³-hybridized carbons (Fsp3) is 0.400. The van der Waals surface area contributed by atoms with Gasteiger partial charge in [-0.25, -0.2) is 0 Å². The van der Waals surface area contributed by atoms with Gasteiger partial charge in [0.05, 0.1) is 10.9 Å². The number of fused-ring (bicyclic) bond motifs is 1. The summed E-state index contributed by atoms with van der Waals surface area (Å²) in [6.07, 6.45) is 0.828. The molecular formula is C15H18BrNO2. The Balaban J connectivity index is 2.88. The Morgan fingerprint density at radius 2 is 1.95 bits per heavy atom. The summed E-state index contributed by atoms with van der Waals surface area (Å²) < 4.78 is 5.89. The fourth-order valence-corrected chi connectivity index (χ4v) is 2.77. The minimum Gasteiger partial charge on any atom is -0.440 e. The molecule has 4 heteroatoms. The van der Waals surface area contributed by atoms with Gasteiger partial charge in [-0.2, -0.15) is 0 Å². The molecule has 0 unspecified atom stereocenters. The van der Waals surface area contributed by atoms with Gasteiger partial charge in [-0.15, -0.1) is 0 Å². The Hall–Kier alpha value is -1.29. The normalized spacial score (nSPS) is 11.0. The van der Waals surface area contributed by atoms with E-state index in [1.165, 1.54) is 0 Å². The number of aryl methyl sites for hydroxylation is 2. The van der Waals surface area contributed by atoms with Crippen molar-refractivity contribution >= 4 is 32.8 Å². The Bertz CT molecular complexity index is 674. The largest absolute Gasteiger partial charge is 0.440 e. The van der Waals surface area contributed by atoms with Crippen molar-refractivity contribution in [3.63, 3.8) is 0 Å². The molecule has 1 aromatic carbocycles. The third-order valence-corrected chi connectivity index (χ3v) is 3.75. The molecule has 0 fully saturated rings. The van der Waals surface area contributed by atoms with E-state index < -0.39 is 0 Å². The number of benzene rings is 1. The lowest BCUT2D eigenvalue weighted by Gasteiger charge is -2.16. The molecule has 0 amide bonds. The first-order chi connectivity index (χ1) is 8.97. The highest BCUT2D eigenvalue weighted by molar-refractivity contribution is 9.09. The summed E-state index contributed by atoms with van der Waals surface area (Å²) >= 11 is 3.45. The minimum atomic E-state index is 0.0737. The van der Waals surface area contributed by atoms with Gasteiger partial charge in [0.15, 0.2) is 5.43 Å². The van der Waals surface area contributed by atoms with Crippen molar-refractivity contribution in [3.05, 3.63) is 39.0 Å². The molecule has 0 atom stereocenters. The topological polar surface area (TPSA) is 33.5 Å². The highest BCUT2D eigenvalue weighted by Crippen LogP contribution is 2.26. The first kappa shape index (κ1) is 14.1. The van der Waals surface area contributed by atoms with E-state index in [0.717, 1.165) is 28.3 Å². The van der Waals surface area contributed by atoms with Crippen LogP contribution in [0.5, 0.6) is 0 Å². The van der Waals surface area contributed by atoms with Gasteiger partial charge in [0.1, 0.15) is 5.58 Å². The Kier molecular flexibility index (Phi) is 3.99. The van der Waals surface area contributed by atoms with E-state index in [0.29, 0.717) is 17.0 Å². The van der Waals surface area contributed by atoms with Crippen LogP contribution in [0.2, 0.25) is 0 Å². The molecular weight excluding hydrogens is 306 g/mol. The number of hydrogen-bond donors (Lipinski definition) is 0. The fourth-order valence-electron chi connectivity index (χ4n) is 2.37. The number of alkyl halides is 1. The van der Waals surface area contributed by atoms with E-state index in [-0.39, 0.29) is 5.43 Å². The van der Waals surface area contributed by atoms with Crippen LogP contribution in [0.1, 0.15) is 16.7 Å². The second-order valence-corrected chi connectivity index (χ2v) is 5.72. The molecule has 0 N–H and O–H groups in total. The summed E-state index contributed by atoms with van der Waals surface area (Å²) in [5.74, 6) is 0.631. The van der Waals surface area contributed by atoms with Crippen molar-refractivity contribution in [1.29, 1.82) is 0 Å². The summed E-state index contributed by atoms with van der Waals surface area (Å²) in [4.78, 5) is 14.4. The number of nitrogens with zero attached hydrogens (tertiary/aromatic N) is 1. The molecule has 3 nitrogen and oxygen atoms in total. The molecule has 1 aromatic heterocycles. The lowest BCUT2D eigenvalue weighted by Crippen LogP contribution is -2.17. The van der Waals surface area contributed by atoms with Crippen LogP contribution in [0.4, 0.5) is 5.88 Å². The third-order valence-electron chi connectivity index (χ3n) is 3.35. The van der Waals surface area contributed by atoms with Gasteiger partial charge in [0.2, 0.25) is 5.88 Å². The van der Waals surface area contributed by atoms with Crippen molar-refractivity contribution in [2.24, 2.45) is 0 Å². The van der Waals surface area contributed by atoms with E-state index in [4.69, 9.17) is 4.42 Å². The minimum absolute atomic E-state index is 0.0737. The van der Waals surface area contributed by atoms with E-state index in [1.54, 1.807) is 0 Å². The standard InChI is InChI=1S/C15H18BrNO2/c1-9-5-6-12-13(11(9)7-8-16)14(18)10(2)15(19-12)17(3)4/h5-6H,7-8H2,1-4H3. The first-order valence-electron chi connectivity index (χ1n) is 6.26. The Labute approximate surface area is 121 Å². The molecule has 2 rings (SSSR count). The van der Waals surface area contributed by atoms with Gasteiger partial charge in [-0.05, 0) is 37.5 Å². The SMILES string of the molecule is Cc1ccc2oc(N(C)C)c(C)c(=O)c2c1CCBr. The average molecular weight is 324 g/mol. The number of hydrogen-bond acceptors (Lipinski definition) is 3. The van der Waals surface area contributed by atoms with Crippen LogP contribution < -0.4 is 10.3 Å². The molecule has 0 radical (unpaired) electrons. The van der Waals surface area contributed by atoms with Crippen molar-refractivity contribution in [2.45, 2.75) is 20.3 Å². The zero-order valence-electron chi connectivity index (χ0n) is 11.7. The van der Waals surface area contributed by atoms with E-state index in [1.807, 2.05) is 45.0 Å². The van der Waals surface area contributed by atoms with Gasteiger partial charge in [-0.1, -0.05) is 22.0 Å². The Morgan fingerprint density at radius 1 is 1.26 bits per heavy atom. The van der Waals surface area contributed by atoms with Gasteiger partial charge >= 0.3 is 0 Å². The van der Waals surface area contributed by atoms with Crippen LogP contribution in [0, 0.1) is 13.8 Å². The maximum atomic E-state index is 12.6. The number of halogens is 1. The molecule has 0 saturated heterocycles. The lowest BCUT2D eigenvalue weighted by atomic mass is 10.00. The summed E-state index contributed by atoms with van der Waals surface area (Å²) in [6.45, 7) is 3.85. The van der Waals surface area contributed by atoms with Crippen LogP contribution in [-0.2, 0) is 6.42 Å². The molecule has 102 valence electrons. The molecule has 0 aliphatic carbocycles. The molecule has 0 aliphatic rings. The highest BCUT2D eigenvalue weighted by atomic mass is 79.9. The summed E-state index contributed by atoms with van der Waals surface area (Å²) in [5, 5.41) is 1.56. The zero-order chi connectivity index (χ0) is 14.2. The second kappa shape index (κ2) is 5.37. The molecule has 19 heavy (non-hydrogen) atoms. The van der Waals surface area contributed by atoms with Crippen molar-refractivity contribution in [3.8, 4) is 0 Å². The van der Waals surface area contributed by atoms with Crippen molar-refractivity contribution < 1.29 is 4.42 Å². The summed E-state index contributed by atoms with van der Waals surface area (Å²) in [5.41, 5.74) is 3.62. The van der Waals surface area contributed by atoms with Gasteiger partial charge in [0, 0.05) is 19.4 Å². The molecule has 1 heterocycles. The number of anilines is 1. The van der Waals surface area contributed by atoms with Crippen LogP contribution in [0.3, 0.4) is 0 Å². The molecule has 2 aromatic rings. The number of rotatable bonds is 3. The quantitative estimate of drug-likeness (QED) is 0.811. The smallest absolute Gasteiger partial charge is 0.202 e. The summed E-state index contributed by atoms with van der Waals surface area (Å²) in [7, 11) is 3.76. The Morgan fingerprint density at radius 3 is 2.53 bits per heavy atom. The van der Waals surface area contributed by atoms with Crippen molar-refractivity contribution in [1.82, 2.24) is 0 Å². The van der Waals surface area contributed by atoms with Crippen LogP contribution in [0.25, 0.3) is 11.0 Å².